The Kier molecular flexibility index (Phi) is 6.31. The highest BCUT2D eigenvalue weighted by atomic mass is 35.5. The molecule has 1 aromatic carbocycles. The molecule has 1 spiro atoms. The molecule has 2 heterocycles. The number of benzene rings is 1. The summed E-state index contributed by atoms with van der Waals surface area (Å²) in [6.07, 6.45) is 2.96. The number of halogens is 1. The summed E-state index contributed by atoms with van der Waals surface area (Å²) in [4.78, 5) is 14.2. The van der Waals surface area contributed by atoms with Gasteiger partial charge >= 0.3 is 6.09 Å². The first kappa shape index (κ1) is 21.4. The van der Waals surface area contributed by atoms with Gasteiger partial charge in [-0.1, -0.05) is 37.6 Å². The summed E-state index contributed by atoms with van der Waals surface area (Å²) in [6.45, 7) is 12.5. The van der Waals surface area contributed by atoms with Crippen LogP contribution in [0.3, 0.4) is 0 Å². The number of hydrogen-bond donors (Lipinski definition) is 0. The fraction of sp³-hybridized carbons (Fsp3) is 0.696. The van der Waals surface area contributed by atoms with Gasteiger partial charge in [-0.05, 0) is 75.0 Å². The van der Waals surface area contributed by atoms with Crippen LogP contribution in [-0.4, -0.2) is 36.3 Å². The molecule has 3 rings (SSSR count). The number of ether oxygens (including phenoxy) is 2. The molecule has 156 valence electrons. The van der Waals surface area contributed by atoms with E-state index >= 15 is 0 Å². The van der Waals surface area contributed by atoms with Crippen LogP contribution in [0.2, 0.25) is 5.02 Å². The lowest BCUT2D eigenvalue weighted by Gasteiger charge is -2.49. The molecule has 2 aliphatic rings. The van der Waals surface area contributed by atoms with E-state index in [1.807, 2.05) is 43.9 Å². The molecule has 1 amide bonds. The van der Waals surface area contributed by atoms with Crippen molar-refractivity contribution < 1.29 is 14.3 Å². The molecule has 2 fully saturated rings. The Hall–Kier alpha value is -1.26. The van der Waals surface area contributed by atoms with Gasteiger partial charge in [-0.3, -0.25) is 0 Å². The maximum absolute atomic E-state index is 12.4. The van der Waals surface area contributed by atoms with Gasteiger partial charge in [0, 0.05) is 18.1 Å². The first-order valence-electron chi connectivity index (χ1n) is 10.4. The number of likely N-dealkylation sites (tertiary alicyclic amines) is 1. The van der Waals surface area contributed by atoms with Gasteiger partial charge in [-0.25, -0.2) is 4.79 Å². The van der Waals surface area contributed by atoms with Crippen molar-refractivity contribution in [2.24, 2.45) is 17.3 Å². The molecule has 0 N–H and O–H groups in total. The van der Waals surface area contributed by atoms with Crippen LogP contribution in [0.1, 0.15) is 65.5 Å². The maximum Gasteiger partial charge on any atom is 0.410 e. The molecular formula is C23H34ClNO3. The molecule has 1 aromatic rings. The zero-order chi connectivity index (χ0) is 20.5. The van der Waals surface area contributed by atoms with Gasteiger partial charge in [-0.2, -0.15) is 0 Å². The topological polar surface area (TPSA) is 38.8 Å². The molecule has 4 nitrogen and oxygen atoms in total. The average Bonchev–Trinajstić information content (AvgIpc) is 2.60. The van der Waals surface area contributed by atoms with Crippen molar-refractivity contribution in [2.75, 3.05) is 19.7 Å². The van der Waals surface area contributed by atoms with Crippen molar-refractivity contribution in [2.45, 2.75) is 65.6 Å². The van der Waals surface area contributed by atoms with E-state index in [-0.39, 0.29) is 17.6 Å². The maximum atomic E-state index is 12.4. The Labute approximate surface area is 174 Å². The number of rotatable bonds is 2. The lowest BCUT2D eigenvalue weighted by molar-refractivity contribution is -0.130. The molecule has 2 saturated heterocycles. The standard InChI is InChI=1S/C23H34ClNO3/c1-16(2)19-14-23(15-27-20(19)17-7-6-8-18(24)13-17)9-11-25(12-10-23)21(26)28-22(3,4)5/h6-8,13,16,19-20H,9-12,14-15H2,1-5H3/t19-,20-/m1/s1. The van der Waals surface area contributed by atoms with E-state index in [9.17, 15) is 4.79 Å². The third-order valence-electron chi connectivity index (χ3n) is 6.14. The summed E-state index contributed by atoms with van der Waals surface area (Å²) in [5, 5.41) is 0.759. The first-order valence-corrected chi connectivity index (χ1v) is 10.8. The summed E-state index contributed by atoms with van der Waals surface area (Å²) in [7, 11) is 0. The van der Waals surface area contributed by atoms with Crippen LogP contribution >= 0.6 is 11.6 Å². The van der Waals surface area contributed by atoms with Crippen LogP contribution in [0.15, 0.2) is 24.3 Å². The van der Waals surface area contributed by atoms with E-state index in [0.29, 0.717) is 11.8 Å². The van der Waals surface area contributed by atoms with Crippen molar-refractivity contribution in [1.82, 2.24) is 4.90 Å². The molecule has 0 unspecified atom stereocenters. The minimum Gasteiger partial charge on any atom is -0.444 e. The predicted molar refractivity (Wildman–Crippen MR) is 113 cm³/mol. The molecule has 0 bridgehead atoms. The van der Waals surface area contributed by atoms with Gasteiger partial charge in [-0.15, -0.1) is 0 Å². The summed E-state index contributed by atoms with van der Waals surface area (Å²) in [6, 6.07) is 8.06. The fourth-order valence-electron chi connectivity index (χ4n) is 4.51. The van der Waals surface area contributed by atoms with Crippen LogP contribution in [0.5, 0.6) is 0 Å². The zero-order valence-corrected chi connectivity index (χ0v) is 18.6. The van der Waals surface area contributed by atoms with E-state index in [4.69, 9.17) is 21.1 Å². The molecule has 28 heavy (non-hydrogen) atoms. The minimum absolute atomic E-state index is 0.0909. The van der Waals surface area contributed by atoms with Crippen molar-refractivity contribution in [1.29, 1.82) is 0 Å². The second-order valence-corrected chi connectivity index (χ2v) is 10.3. The van der Waals surface area contributed by atoms with Gasteiger partial charge in [0.25, 0.3) is 0 Å². The molecule has 2 aliphatic heterocycles. The second-order valence-electron chi connectivity index (χ2n) is 9.87. The van der Waals surface area contributed by atoms with E-state index in [2.05, 4.69) is 19.9 Å². The third kappa shape index (κ3) is 5.01. The second kappa shape index (κ2) is 8.23. The summed E-state index contributed by atoms with van der Waals surface area (Å²) in [5.74, 6) is 0.963. The molecule has 0 aliphatic carbocycles. The molecule has 5 heteroatoms. The Morgan fingerprint density at radius 3 is 2.54 bits per heavy atom. The van der Waals surface area contributed by atoms with Crippen molar-refractivity contribution in [3.63, 3.8) is 0 Å². The number of amides is 1. The summed E-state index contributed by atoms with van der Waals surface area (Å²) >= 11 is 6.22. The Morgan fingerprint density at radius 2 is 1.96 bits per heavy atom. The lowest BCUT2D eigenvalue weighted by Crippen LogP contribution is -2.50. The number of hydrogen-bond acceptors (Lipinski definition) is 3. The predicted octanol–water partition coefficient (Wildman–Crippen LogP) is 6.09. The normalized spacial score (nSPS) is 25.2. The highest BCUT2D eigenvalue weighted by Gasteiger charge is 2.45. The summed E-state index contributed by atoms with van der Waals surface area (Å²) in [5.41, 5.74) is 0.877. The Morgan fingerprint density at radius 1 is 1.29 bits per heavy atom. The van der Waals surface area contributed by atoms with Crippen LogP contribution < -0.4 is 0 Å². The molecule has 0 saturated carbocycles. The minimum atomic E-state index is -0.451. The highest BCUT2D eigenvalue weighted by molar-refractivity contribution is 6.30. The van der Waals surface area contributed by atoms with Gasteiger partial charge in [0.05, 0.1) is 12.7 Å². The van der Waals surface area contributed by atoms with E-state index in [0.717, 1.165) is 44.0 Å². The van der Waals surface area contributed by atoms with Gasteiger partial charge in [0.2, 0.25) is 0 Å². The van der Waals surface area contributed by atoms with E-state index in [1.54, 1.807) is 0 Å². The monoisotopic (exact) mass is 407 g/mol. The highest BCUT2D eigenvalue weighted by Crippen LogP contribution is 2.49. The third-order valence-corrected chi connectivity index (χ3v) is 6.37. The number of carbonyl (C=O) groups excluding carboxylic acids is 1. The lowest BCUT2D eigenvalue weighted by atomic mass is 9.66. The summed E-state index contributed by atoms with van der Waals surface area (Å²) < 4.78 is 12.0. The van der Waals surface area contributed by atoms with Crippen LogP contribution in [0.25, 0.3) is 0 Å². The zero-order valence-electron chi connectivity index (χ0n) is 17.8. The van der Waals surface area contributed by atoms with E-state index < -0.39 is 5.60 Å². The number of nitrogens with zero attached hydrogens (tertiary/aromatic N) is 1. The average molecular weight is 408 g/mol. The SMILES string of the molecule is CC(C)[C@H]1CC2(CCN(C(=O)OC(C)(C)C)CC2)CO[C@@H]1c1cccc(Cl)c1. The van der Waals surface area contributed by atoms with Crippen molar-refractivity contribution in [3.05, 3.63) is 34.9 Å². The van der Waals surface area contributed by atoms with Crippen molar-refractivity contribution in [3.8, 4) is 0 Å². The van der Waals surface area contributed by atoms with Crippen LogP contribution in [-0.2, 0) is 9.47 Å². The van der Waals surface area contributed by atoms with Gasteiger partial charge in [0.1, 0.15) is 5.60 Å². The quantitative estimate of drug-likeness (QED) is 0.595. The van der Waals surface area contributed by atoms with Crippen LogP contribution in [0.4, 0.5) is 4.79 Å². The fourth-order valence-corrected chi connectivity index (χ4v) is 4.71. The number of piperidine rings is 1. The largest absolute Gasteiger partial charge is 0.444 e. The molecular weight excluding hydrogens is 374 g/mol. The van der Waals surface area contributed by atoms with Gasteiger partial charge in [0.15, 0.2) is 0 Å². The molecule has 0 aromatic heterocycles. The van der Waals surface area contributed by atoms with Gasteiger partial charge < -0.3 is 14.4 Å². The van der Waals surface area contributed by atoms with Crippen molar-refractivity contribution >= 4 is 17.7 Å². The number of carbonyl (C=O) groups is 1. The van der Waals surface area contributed by atoms with E-state index in [1.165, 1.54) is 5.56 Å². The van der Waals surface area contributed by atoms with Crippen LogP contribution in [0, 0.1) is 17.3 Å². The Bertz CT molecular complexity index is 689. The Balaban J connectivity index is 1.67. The molecule has 0 radical (unpaired) electrons. The molecule has 2 atom stereocenters. The smallest absolute Gasteiger partial charge is 0.410 e. The first-order chi connectivity index (χ1) is 13.1.